The van der Waals surface area contributed by atoms with Crippen LogP contribution in [0.25, 0.3) is 5.57 Å². The van der Waals surface area contributed by atoms with Crippen molar-refractivity contribution in [3.8, 4) is 0 Å². The molecule has 1 aromatic heterocycles. The largest absolute Gasteiger partial charge is 0.366 e. The molecule has 1 fully saturated rings. The minimum Gasteiger partial charge on any atom is -0.366 e. The van der Waals surface area contributed by atoms with E-state index in [0.29, 0.717) is 6.42 Å². The molecule has 1 saturated heterocycles. The zero-order valence-corrected chi connectivity index (χ0v) is 11.8. The maximum atomic E-state index is 11.8. The Morgan fingerprint density at radius 2 is 2.05 bits per heavy atom. The first kappa shape index (κ1) is 12.1. The van der Waals surface area contributed by atoms with Crippen LogP contribution in [0, 0.1) is 0 Å². The van der Waals surface area contributed by atoms with Crippen molar-refractivity contribution < 1.29 is 9.53 Å². The molecule has 0 saturated carbocycles. The van der Waals surface area contributed by atoms with Crippen molar-refractivity contribution in [1.29, 1.82) is 0 Å². The van der Waals surface area contributed by atoms with E-state index in [1.165, 1.54) is 27.2 Å². The number of Topliss-reactive ketones (excluding diaryl/α,β-unsaturated/α-hetero) is 1. The maximum Gasteiger partial charge on any atom is 0.162 e. The normalized spacial score (nSPS) is 21.6. The summed E-state index contributed by atoms with van der Waals surface area (Å²) in [6, 6.07) is 12.7. The summed E-state index contributed by atoms with van der Waals surface area (Å²) in [5.74, 6) is 0.185. The third-order valence-electron chi connectivity index (χ3n) is 4.00. The number of carbonyl (C=O) groups excluding carboxylic acids is 1. The average molecular weight is 282 g/mol. The molecule has 0 N–H and O–H groups in total. The Bertz CT molecular complexity index is 698. The zero-order valence-electron chi connectivity index (χ0n) is 11.0. The SMILES string of the molecule is O=C1COC2Cc3ccccc3C(c3cccs3)=C2C1. The molecule has 4 rings (SSSR count). The van der Waals surface area contributed by atoms with Gasteiger partial charge in [0.05, 0.1) is 6.10 Å². The van der Waals surface area contributed by atoms with Crippen molar-refractivity contribution in [2.45, 2.75) is 18.9 Å². The number of ketones is 1. The minimum atomic E-state index is 0.0692. The fourth-order valence-corrected chi connectivity index (χ4v) is 3.95. The molecule has 2 aromatic rings. The van der Waals surface area contributed by atoms with Gasteiger partial charge in [0.25, 0.3) is 0 Å². The van der Waals surface area contributed by atoms with Crippen LogP contribution in [0.3, 0.4) is 0 Å². The fourth-order valence-electron chi connectivity index (χ4n) is 3.13. The van der Waals surface area contributed by atoms with Gasteiger partial charge in [0, 0.05) is 23.3 Å². The van der Waals surface area contributed by atoms with Gasteiger partial charge in [-0.25, -0.2) is 0 Å². The predicted octanol–water partition coefficient (Wildman–Crippen LogP) is 3.46. The van der Waals surface area contributed by atoms with E-state index in [-0.39, 0.29) is 18.5 Å². The average Bonchev–Trinajstić information content (AvgIpc) is 2.98. The second kappa shape index (κ2) is 4.69. The molecule has 3 heteroatoms. The molecule has 1 aromatic carbocycles. The number of fused-ring (bicyclic) bond motifs is 2. The van der Waals surface area contributed by atoms with Gasteiger partial charge in [-0.3, -0.25) is 4.79 Å². The molecule has 2 heterocycles. The van der Waals surface area contributed by atoms with E-state index in [4.69, 9.17) is 4.74 Å². The standard InChI is InChI=1S/C17H14O2S/c18-12-9-14-15(19-10-12)8-11-4-1-2-5-13(11)17(14)16-6-3-7-20-16/h1-7,15H,8-10H2. The lowest BCUT2D eigenvalue weighted by Crippen LogP contribution is -2.33. The van der Waals surface area contributed by atoms with Crippen LogP contribution in [-0.4, -0.2) is 18.5 Å². The minimum absolute atomic E-state index is 0.0692. The van der Waals surface area contributed by atoms with Crippen molar-refractivity contribution in [1.82, 2.24) is 0 Å². The summed E-state index contributed by atoms with van der Waals surface area (Å²) in [7, 11) is 0. The number of hydrogen-bond donors (Lipinski definition) is 0. The van der Waals surface area contributed by atoms with Crippen molar-refractivity contribution in [2.75, 3.05) is 6.61 Å². The lowest BCUT2D eigenvalue weighted by Gasteiger charge is -2.33. The molecule has 0 spiro atoms. The van der Waals surface area contributed by atoms with E-state index in [0.717, 1.165) is 6.42 Å². The predicted molar refractivity (Wildman–Crippen MR) is 79.9 cm³/mol. The summed E-state index contributed by atoms with van der Waals surface area (Å²) in [6.07, 6.45) is 1.49. The van der Waals surface area contributed by atoms with Crippen LogP contribution in [0.5, 0.6) is 0 Å². The molecule has 2 aliphatic rings. The third kappa shape index (κ3) is 1.86. The van der Waals surface area contributed by atoms with Gasteiger partial charge in [0.1, 0.15) is 6.61 Å². The highest BCUT2D eigenvalue weighted by atomic mass is 32.1. The van der Waals surface area contributed by atoms with Crippen LogP contribution in [0.2, 0.25) is 0 Å². The number of benzene rings is 1. The smallest absolute Gasteiger partial charge is 0.162 e. The van der Waals surface area contributed by atoms with Crippen LogP contribution in [0.4, 0.5) is 0 Å². The van der Waals surface area contributed by atoms with Gasteiger partial charge in [-0.15, -0.1) is 11.3 Å². The number of hydrogen-bond acceptors (Lipinski definition) is 3. The summed E-state index contributed by atoms with van der Waals surface area (Å²) < 4.78 is 5.78. The number of rotatable bonds is 1. The van der Waals surface area contributed by atoms with Crippen molar-refractivity contribution >= 4 is 22.7 Å². The lowest BCUT2D eigenvalue weighted by atomic mass is 9.80. The Morgan fingerprint density at radius 3 is 2.90 bits per heavy atom. The zero-order chi connectivity index (χ0) is 13.5. The van der Waals surface area contributed by atoms with Crippen molar-refractivity contribution in [3.05, 3.63) is 63.4 Å². The highest BCUT2D eigenvalue weighted by Gasteiger charge is 2.33. The van der Waals surface area contributed by atoms with E-state index in [1.807, 2.05) is 0 Å². The van der Waals surface area contributed by atoms with Crippen LogP contribution in [-0.2, 0) is 16.0 Å². The van der Waals surface area contributed by atoms with Crippen LogP contribution >= 0.6 is 11.3 Å². The van der Waals surface area contributed by atoms with E-state index in [1.54, 1.807) is 11.3 Å². The van der Waals surface area contributed by atoms with E-state index in [9.17, 15) is 4.79 Å². The molecule has 1 atom stereocenters. The van der Waals surface area contributed by atoms with Gasteiger partial charge >= 0.3 is 0 Å². The topological polar surface area (TPSA) is 26.3 Å². The number of thiophene rings is 1. The van der Waals surface area contributed by atoms with E-state index in [2.05, 4.69) is 41.8 Å². The van der Waals surface area contributed by atoms with Crippen LogP contribution in [0.1, 0.15) is 22.4 Å². The van der Waals surface area contributed by atoms with Gasteiger partial charge in [0.2, 0.25) is 0 Å². The third-order valence-corrected chi connectivity index (χ3v) is 4.89. The highest BCUT2D eigenvalue weighted by Crippen LogP contribution is 2.41. The quantitative estimate of drug-likeness (QED) is 0.800. The first-order valence-electron chi connectivity index (χ1n) is 6.81. The fraction of sp³-hybridized carbons (Fsp3) is 0.235. The van der Waals surface area contributed by atoms with Crippen molar-refractivity contribution in [2.24, 2.45) is 0 Å². The summed E-state index contributed by atoms with van der Waals surface area (Å²) in [6.45, 7) is 0.258. The molecule has 100 valence electrons. The van der Waals surface area contributed by atoms with Gasteiger partial charge < -0.3 is 4.74 Å². The van der Waals surface area contributed by atoms with Crippen LogP contribution in [0.15, 0.2) is 47.4 Å². The Kier molecular flexibility index (Phi) is 2.83. The molecular formula is C17H14O2S. The Labute approximate surface area is 121 Å². The van der Waals surface area contributed by atoms with E-state index >= 15 is 0 Å². The molecule has 1 aliphatic heterocycles. The Hall–Kier alpha value is -1.71. The second-order valence-corrected chi connectivity index (χ2v) is 6.20. The first-order chi connectivity index (χ1) is 9.83. The van der Waals surface area contributed by atoms with Gasteiger partial charge in [-0.05, 0) is 28.1 Å². The molecule has 20 heavy (non-hydrogen) atoms. The second-order valence-electron chi connectivity index (χ2n) is 5.25. The number of carbonyl (C=O) groups is 1. The summed E-state index contributed by atoms with van der Waals surface area (Å²) >= 11 is 1.73. The molecule has 1 unspecified atom stereocenters. The Balaban J connectivity index is 1.96. The summed E-state index contributed by atoms with van der Waals surface area (Å²) in [5.41, 5.74) is 4.97. The van der Waals surface area contributed by atoms with E-state index < -0.39 is 0 Å². The molecule has 2 nitrogen and oxygen atoms in total. The molecule has 0 bridgehead atoms. The molecule has 0 amide bonds. The number of ether oxygens (including phenoxy) is 1. The van der Waals surface area contributed by atoms with Crippen molar-refractivity contribution in [3.63, 3.8) is 0 Å². The molecule has 1 aliphatic carbocycles. The van der Waals surface area contributed by atoms with Gasteiger partial charge in [-0.2, -0.15) is 0 Å². The van der Waals surface area contributed by atoms with Crippen LogP contribution < -0.4 is 0 Å². The maximum absolute atomic E-state index is 11.8. The Morgan fingerprint density at radius 1 is 1.15 bits per heavy atom. The lowest BCUT2D eigenvalue weighted by molar-refractivity contribution is -0.127. The summed E-state index contributed by atoms with van der Waals surface area (Å²) in [5, 5.41) is 2.08. The monoisotopic (exact) mass is 282 g/mol. The highest BCUT2D eigenvalue weighted by molar-refractivity contribution is 7.11. The van der Waals surface area contributed by atoms with Gasteiger partial charge in [0.15, 0.2) is 5.78 Å². The molecule has 0 radical (unpaired) electrons. The van der Waals surface area contributed by atoms with Gasteiger partial charge in [-0.1, -0.05) is 30.3 Å². The molecular weight excluding hydrogens is 268 g/mol. The summed E-state index contributed by atoms with van der Waals surface area (Å²) in [4.78, 5) is 13.0. The first-order valence-corrected chi connectivity index (χ1v) is 7.69.